The van der Waals surface area contributed by atoms with Crippen LogP contribution in [0.25, 0.3) is 9.40 Å². The van der Waals surface area contributed by atoms with Gasteiger partial charge in [0.05, 0.1) is 9.58 Å². The Morgan fingerprint density at radius 2 is 2.03 bits per heavy atom. The summed E-state index contributed by atoms with van der Waals surface area (Å²) in [7, 11) is -6.61. The summed E-state index contributed by atoms with van der Waals surface area (Å²) in [5.41, 5.74) is 5.37. The van der Waals surface area contributed by atoms with E-state index in [1.807, 2.05) is 6.07 Å². The summed E-state index contributed by atoms with van der Waals surface area (Å²) in [5.74, 6) is -0.950. The van der Waals surface area contributed by atoms with E-state index in [1.54, 1.807) is 6.07 Å². The number of fused-ring (bicyclic) bond motifs is 1. The monoisotopic (exact) mass is 477 g/mol. The summed E-state index contributed by atoms with van der Waals surface area (Å²) >= 11 is 2.51. The van der Waals surface area contributed by atoms with Crippen LogP contribution >= 0.6 is 30.9 Å². The van der Waals surface area contributed by atoms with E-state index >= 15 is 0 Å². The molecule has 2 heterocycles. The number of hydrogen-bond acceptors (Lipinski definition) is 10. The molecule has 2 aromatic heterocycles. The predicted molar refractivity (Wildman–Crippen MR) is 108 cm³/mol. The van der Waals surface area contributed by atoms with Gasteiger partial charge in [-0.05, 0) is 24.3 Å². The Balaban J connectivity index is 0.00000300. The SMILES string of the molecule is N.N#Cc1ccc(O[P+](=O)OCNS(=O)(=O)c2cc3cc(CN)sc3s2)cc1F. The molecule has 0 fully saturated rings. The molecule has 0 saturated carbocycles. The van der Waals surface area contributed by atoms with Crippen molar-refractivity contribution in [1.29, 1.82) is 5.26 Å². The lowest BCUT2D eigenvalue weighted by Gasteiger charge is -2.00. The fourth-order valence-corrected chi connectivity index (χ4v) is 6.45. The number of hydrogen-bond donors (Lipinski definition) is 3. The minimum atomic E-state index is -3.86. The van der Waals surface area contributed by atoms with E-state index in [1.165, 1.54) is 23.5 Å². The van der Waals surface area contributed by atoms with Crippen LogP contribution < -0.4 is 21.1 Å². The van der Waals surface area contributed by atoms with Crippen molar-refractivity contribution in [2.24, 2.45) is 5.73 Å². The van der Waals surface area contributed by atoms with Crippen LogP contribution in [0.2, 0.25) is 0 Å². The lowest BCUT2D eigenvalue weighted by atomic mass is 10.2. The number of thiophene rings is 2. The summed E-state index contributed by atoms with van der Waals surface area (Å²) in [6.45, 7) is -0.216. The number of sulfonamides is 1. The summed E-state index contributed by atoms with van der Waals surface area (Å²) in [5, 5.41) is 9.44. The third-order valence-electron chi connectivity index (χ3n) is 3.37. The molecule has 0 aliphatic heterocycles. The zero-order valence-corrected chi connectivity index (χ0v) is 18.0. The number of rotatable bonds is 8. The third-order valence-corrected chi connectivity index (χ3v) is 8.33. The maximum Gasteiger partial charge on any atom is 0.751 e. The Morgan fingerprint density at radius 3 is 2.66 bits per heavy atom. The number of nitriles is 1. The van der Waals surface area contributed by atoms with Crippen LogP contribution in [-0.2, 0) is 25.7 Å². The fourth-order valence-electron chi connectivity index (χ4n) is 2.08. The Kier molecular flexibility index (Phi) is 7.75. The first-order valence-corrected chi connectivity index (χ1v) is 11.7. The van der Waals surface area contributed by atoms with Gasteiger partial charge in [0.25, 0.3) is 10.0 Å². The second-order valence-electron chi connectivity index (χ2n) is 5.21. The number of halogens is 1. The second-order valence-corrected chi connectivity index (χ2v) is 10.5. The van der Waals surface area contributed by atoms with Crippen molar-refractivity contribution in [3.63, 3.8) is 0 Å². The zero-order valence-electron chi connectivity index (χ0n) is 14.6. The van der Waals surface area contributed by atoms with Gasteiger partial charge < -0.3 is 11.9 Å². The van der Waals surface area contributed by atoms with E-state index in [4.69, 9.17) is 20.0 Å². The maximum atomic E-state index is 13.5. The fraction of sp³-hybridized carbons (Fsp3) is 0.133. The molecule has 3 aromatic rings. The van der Waals surface area contributed by atoms with Crippen LogP contribution in [0.15, 0.2) is 34.5 Å². The van der Waals surface area contributed by atoms with Crippen LogP contribution in [-0.4, -0.2) is 15.1 Å². The lowest BCUT2D eigenvalue weighted by molar-refractivity contribution is 0.282. The van der Waals surface area contributed by atoms with Gasteiger partial charge in [0.1, 0.15) is 16.1 Å². The molecule has 0 spiro atoms. The first-order chi connectivity index (χ1) is 13.3. The van der Waals surface area contributed by atoms with Gasteiger partial charge in [0, 0.05) is 27.4 Å². The Labute approximate surface area is 174 Å². The van der Waals surface area contributed by atoms with Gasteiger partial charge in [-0.2, -0.15) is 9.98 Å². The second kappa shape index (κ2) is 9.66. The van der Waals surface area contributed by atoms with Crippen molar-refractivity contribution in [3.8, 4) is 11.8 Å². The Bertz CT molecular complexity index is 1160. The standard InChI is InChI=1S/C15H12FN3O5PS3.H3N/c16-13-5-11(2-1-9(13)6-17)24-25(20)23-8-19-28(21,22)14-4-10-3-12(7-18)26-15(10)27-14;/h1-5,19H,7-8,18H2;1H3/q+1;. The van der Waals surface area contributed by atoms with Crippen molar-refractivity contribution < 1.29 is 26.4 Å². The van der Waals surface area contributed by atoms with Gasteiger partial charge in [-0.15, -0.1) is 22.7 Å². The van der Waals surface area contributed by atoms with Gasteiger partial charge >= 0.3 is 8.25 Å². The van der Waals surface area contributed by atoms with E-state index in [0.29, 0.717) is 6.54 Å². The molecule has 6 N–H and O–H groups in total. The molecular formula is C15H15FN4O5PS3+. The van der Waals surface area contributed by atoms with Crippen molar-refractivity contribution >= 4 is 50.4 Å². The molecule has 3 rings (SSSR count). The molecule has 0 aliphatic carbocycles. The molecule has 0 saturated heterocycles. The summed E-state index contributed by atoms with van der Waals surface area (Å²) in [6, 6.07) is 8.28. The normalized spacial score (nSPS) is 11.7. The van der Waals surface area contributed by atoms with Crippen molar-refractivity contribution in [2.45, 2.75) is 10.8 Å². The maximum absolute atomic E-state index is 13.5. The topological polar surface area (TPSA) is 167 Å². The molecule has 0 aliphatic rings. The molecule has 0 bridgehead atoms. The number of nitrogens with one attached hydrogen (secondary N) is 1. The van der Waals surface area contributed by atoms with E-state index < -0.39 is 30.8 Å². The van der Waals surface area contributed by atoms with E-state index in [0.717, 1.165) is 37.7 Å². The molecule has 14 heteroatoms. The van der Waals surface area contributed by atoms with E-state index in [2.05, 4.69) is 4.72 Å². The highest BCUT2D eigenvalue weighted by Gasteiger charge is 2.26. The smallest absolute Gasteiger partial charge is 0.344 e. The largest absolute Gasteiger partial charge is 0.751 e. The molecule has 1 aromatic carbocycles. The highest BCUT2D eigenvalue weighted by molar-refractivity contribution is 7.92. The van der Waals surface area contributed by atoms with Gasteiger partial charge in [0.2, 0.25) is 0 Å². The molecule has 1 unspecified atom stereocenters. The van der Waals surface area contributed by atoms with E-state index in [-0.39, 0.29) is 21.7 Å². The molecule has 1 atom stereocenters. The van der Waals surface area contributed by atoms with Gasteiger partial charge in [0.15, 0.2) is 12.5 Å². The molecule has 154 valence electrons. The van der Waals surface area contributed by atoms with Crippen LogP contribution in [0, 0.1) is 17.1 Å². The first-order valence-electron chi connectivity index (χ1n) is 7.52. The number of benzene rings is 1. The van der Waals surface area contributed by atoms with Crippen molar-refractivity contribution in [1.82, 2.24) is 10.9 Å². The number of nitrogens with two attached hydrogens (primary N) is 1. The Hall–Kier alpha value is -2.01. The Morgan fingerprint density at radius 1 is 1.28 bits per heavy atom. The average Bonchev–Trinajstić information content (AvgIpc) is 3.21. The van der Waals surface area contributed by atoms with Crippen LogP contribution in [0.3, 0.4) is 0 Å². The van der Waals surface area contributed by atoms with Crippen molar-refractivity contribution in [3.05, 3.63) is 46.6 Å². The van der Waals surface area contributed by atoms with Crippen LogP contribution in [0.1, 0.15) is 10.4 Å². The molecule has 9 nitrogen and oxygen atoms in total. The average molecular weight is 477 g/mol. The van der Waals surface area contributed by atoms with Gasteiger partial charge in [-0.25, -0.2) is 17.3 Å². The quantitative estimate of drug-likeness (QED) is 0.327. The van der Waals surface area contributed by atoms with Gasteiger partial charge in [-0.1, -0.05) is 4.52 Å². The predicted octanol–water partition coefficient (Wildman–Crippen LogP) is 3.58. The van der Waals surface area contributed by atoms with Crippen LogP contribution in [0.4, 0.5) is 4.39 Å². The van der Waals surface area contributed by atoms with Crippen LogP contribution in [0.5, 0.6) is 5.75 Å². The van der Waals surface area contributed by atoms with Crippen molar-refractivity contribution in [2.75, 3.05) is 6.73 Å². The summed E-state index contributed by atoms with van der Waals surface area (Å²) in [6.07, 6.45) is 0. The number of nitrogens with zero attached hydrogens (tertiary/aromatic N) is 1. The summed E-state index contributed by atoms with van der Waals surface area (Å²) < 4.78 is 62.5. The minimum absolute atomic E-state index is 0. The highest BCUT2D eigenvalue weighted by atomic mass is 32.2. The lowest BCUT2D eigenvalue weighted by Crippen LogP contribution is -2.24. The molecular weight excluding hydrogens is 462 g/mol. The molecule has 0 amide bonds. The zero-order chi connectivity index (χ0) is 20.3. The summed E-state index contributed by atoms with van der Waals surface area (Å²) in [4.78, 5) is 0.954. The molecule has 29 heavy (non-hydrogen) atoms. The molecule has 0 radical (unpaired) electrons. The highest BCUT2D eigenvalue weighted by Crippen LogP contribution is 2.35. The van der Waals surface area contributed by atoms with Gasteiger partial charge in [-0.3, -0.25) is 0 Å². The van der Waals surface area contributed by atoms with E-state index in [9.17, 15) is 17.4 Å². The minimum Gasteiger partial charge on any atom is -0.344 e. The third kappa shape index (κ3) is 5.53. The first kappa shape index (κ1) is 23.3.